The summed E-state index contributed by atoms with van der Waals surface area (Å²) in [6.07, 6.45) is 10.7. The first kappa shape index (κ1) is 22.6. The minimum absolute atomic E-state index is 0. The van der Waals surface area contributed by atoms with Gasteiger partial charge in [-0.15, -0.1) is 24.8 Å². The van der Waals surface area contributed by atoms with E-state index in [1.54, 1.807) is 12.4 Å². The molecule has 0 N–H and O–H groups in total. The summed E-state index contributed by atoms with van der Waals surface area (Å²) in [6.45, 7) is 5.51. The van der Waals surface area contributed by atoms with Crippen molar-refractivity contribution in [1.82, 2.24) is 14.9 Å². The lowest BCUT2D eigenvalue weighted by Crippen LogP contribution is -2.47. The van der Waals surface area contributed by atoms with E-state index in [1.165, 1.54) is 19.3 Å². The van der Waals surface area contributed by atoms with E-state index in [1.807, 2.05) is 6.07 Å². The molecule has 5 fully saturated rings. The number of piperazine rings is 1. The van der Waals surface area contributed by atoms with Gasteiger partial charge in [-0.05, 0) is 62.3 Å². The number of anilines is 1. The highest BCUT2D eigenvalue weighted by atomic mass is 35.5. The van der Waals surface area contributed by atoms with Crippen molar-refractivity contribution in [1.29, 1.82) is 0 Å². The highest BCUT2D eigenvalue weighted by Gasteiger charge is 2.62. The molecular weight excluding hydrogens is 411 g/mol. The first-order valence-corrected chi connectivity index (χ1v) is 10.6. The molecule has 4 saturated carbocycles. The number of rotatable bonds is 6. The predicted octanol–water partition coefficient (Wildman–Crippen LogP) is 3.20. The summed E-state index contributed by atoms with van der Waals surface area (Å²) < 4.78 is 5.78. The highest BCUT2D eigenvalue weighted by molar-refractivity contribution is 5.85. The molecule has 0 spiro atoms. The second-order valence-electron chi connectivity index (χ2n) is 9.07. The summed E-state index contributed by atoms with van der Waals surface area (Å²) in [5.74, 6) is 3.19. The molecule has 29 heavy (non-hydrogen) atoms. The molecule has 162 valence electrons. The second-order valence-corrected chi connectivity index (χ2v) is 9.07. The van der Waals surface area contributed by atoms with Crippen LogP contribution in [0.1, 0.15) is 38.5 Å². The van der Waals surface area contributed by atoms with Crippen LogP contribution in [0.25, 0.3) is 0 Å². The second kappa shape index (κ2) is 9.36. The number of halogens is 2. The lowest BCUT2D eigenvalue weighted by Gasteiger charge is -2.34. The van der Waals surface area contributed by atoms with Crippen molar-refractivity contribution in [2.24, 2.45) is 23.2 Å². The van der Waals surface area contributed by atoms with Crippen molar-refractivity contribution in [3.05, 3.63) is 18.5 Å². The molecular formula is C21H32Cl2N4O2. The Kier molecular flexibility index (Phi) is 7.28. The molecule has 4 bridgehead atoms. The Balaban J connectivity index is 0.00000120. The quantitative estimate of drug-likeness (QED) is 0.497. The number of hydrogen-bond donors (Lipinski definition) is 0. The third-order valence-corrected chi connectivity index (χ3v) is 7.46. The van der Waals surface area contributed by atoms with E-state index >= 15 is 0 Å². The van der Waals surface area contributed by atoms with Gasteiger partial charge in [0.25, 0.3) is 0 Å². The van der Waals surface area contributed by atoms with Crippen molar-refractivity contribution < 1.29 is 9.53 Å². The average molecular weight is 443 g/mol. The Labute approximate surface area is 185 Å². The summed E-state index contributed by atoms with van der Waals surface area (Å²) in [5, 5.41) is 0. The largest absolute Gasteiger partial charge is 0.465 e. The topological polar surface area (TPSA) is 58.6 Å². The maximum atomic E-state index is 12.8. The highest BCUT2D eigenvalue weighted by Crippen LogP contribution is 2.65. The Morgan fingerprint density at radius 2 is 1.69 bits per heavy atom. The maximum Gasteiger partial charge on any atom is 0.312 e. The summed E-state index contributed by atoms with van der Waals surface area (Å²) in [7, 11) is 0. The molecule has 3 unspecified atom stereocenters. The van der Waals surface area contributed by atoms with Gasteiger partial charge in [0.2, 0.25) is 5.95 Å². The molecule has 4 atom stereocenters. The molecule has 1 saturated heterocycles. The molecule has 6 rings (SSSR count). The molecule has 0 amide bonds. The third-order valence-electron chi connectivity index (χ3n) is 7.46. The van der Waals surface area contributed by atoms with E-state index in [-0.39, 0.29) is 36.2 Å². The van der Waals surface area contributed by atoms with Crippen LogP contribution in [0.15, 0.2) is 18.5 Å². The minimum atomic E-state index is -0.0884. The van der Waals surface area contributed by atoms with Gasteiger partial charge in [0.1, 0.15) is 0 Å². The van der Waals surface area contributed by atoms with Crippen LogP contribution in [-0.4, -0.2) is 60.2 Å². The lowest BCUT2D eigenvalue weighted by molar-refractivity contribution is -0.158. The molecule has 2 heterocycles. The fourth-order valence-corrected chi connectivity index (χ4v) is 6.35. The van der Waals surface area contributed by atoms with Crippen LogP contribution < -0.4 is 4.90 Å². The smallest absolute Gasteiger partial charge is 0.312 e. The zero-order chi connectivity index (χ0) is 18.3. The number of hydrogen-bond acceptors (Lipinski definition) is 6. The Hall–Kier alpha value is -1.11. The number of nitrogens with zero attached hydrogens (tertiary/aromatic N) is 4. The van der Waals surface area contributed by atoms with E-state index in [2.05, 4.69) is 19.8 Å². The van der Waals surface area contributed by atoms with Gasteiger partial charge in [0.05, 0.1) is 12.0 Å². The number of ether oxygens (including phenoxy) is 1. The van der Waals surface area contributed by atoms with Crippen LogP contribution in [0.5, 0.6) is 0 Å². The van der Waals surface area contributed by atoms with Crippen LogP contribution in [0, 0.1) is 23.2 Å². The number of esters is 1. The summed E-state index contributed by atoms with van der Waals surface area (Å²) in [5.41, 5.74) is -0.0884. The van der Waals surface area contributed by atoms with Crippen LogP contribution in [0.2, 0.25) is 0 Å². The minimum Gasteiger partial charge on any atom is -0.465 e. The van der Waals surface area contributed by atoms with Gasteiger partial charge in [-0.25, -0.2) is 9.97 Å². The summed E-state index contributed by atoms with van der Waals surface area (Å²) in [6, 6.07) is 1.85. The first-order chi connectivity index (χ1) is 13.2. The molecule has 4 aliphatic carbocycles. The van der Waals surface area contributed by atoms with Crippen LogP contribution in [0.3, 0.4) is 0 Å². The first-order valence-electron chi connectivity index (χ1n) is 10.6. The third kappa shape index (κ3) is 4.35. The SMILES string of the molecule is Cl.Cl.O=C(OCCCN1CCN(c2ncccn2)CC1)C12CC3CC1C[C@H](C3)C2. The molecule has 6 nitrogen and oxygen atoms in total. The predicted molar refractivity (Wildman–Crippen MR) is 117 cm³/mol. The Bertz CT molecular complexity index is 671. The van der Waals surface area contributed by atoms with Gasteiger partial charge < -0.3 is 9.64 Å². The number of carbonyl (C=O) groups excluding carboxylic acids is 1. The standard InChI is InChI=1S/C21H30N4O2.2ClH/c26-19(21-14-16-11-17(15-21)13-18(21)12-16)27-10-2-5-24-6-8-25(9-7-24)20-22-3-1-4-23-20;;/h1,3-4,16-18H,2,5-15H2;2*1H/t16-,17?,18?,21?;;/m0../s1. The molecule has 0 aromatic carbocycles. The van der Waals surface area contributed by atoms with E-state index in [9.17, 15) is 4.79 Å². The normalized spacial score (nSPS) is 32.6. The van der Waals surface area contributed by atoms with Gasteiger partial charge in [-0.3, -0.25) is 9.69 Å². The molecule has 5 aliphatic rings. The maximum absolute atomic E-state index is 12.8. The fourth-order valence-electron chi connectivity index (χ4n) is 6.35. The zero-order valence-corrected chi connectivity index (χ0v) is 18.5. The Morgan fingerprint density at radius 1 is 1.03 bits per heavy atom. The van der Waals surface area contributed by atoms with Crippen molar-refractivity contribution in [2.75, 3.05) is 44.2 Å². The van der Waals surface area contributed by atoms with E-state index < -0.39 is 0 Å². The van der Waals surface area contributed by atoms with Crippen molar-refractivity contribution in [3.63, 3.8) is 0 Å². The summed E-state index contributed by atoms with van der Waals surface area (Å²) in [4.78, 5) is 26.2. The van der Waals surface area contributed by atoms with E-state index in [0.29, 0.717) is 12.5 Å². The van der Waals surface area contributed by atoms with Crippen LogP contribution in [0.4, 0.5) is 5.95 Å². The van der Waals surface area contributed by atoms with E-state index in [0.717, 1.165) is 69.8 Å². The molecule has 1 aliphatic heterocycles. The zero-order valence-electron chi connectivity index (χ0n) is 16.9. The lowest BCUT2D eigenvalue weighted by atomic mass is 9.75. The van der Waals surface area contributed by atoms with Gasteiger partial charge in [0.15, 0.2) is 0 Å². The van der Waals surface area contributed by atoms with Gasteiger partial charge in [0, 0.05) is 45.1 Å². The number of aromatic nitrogens is 2. The summed E-state index contributed by atoms with van der Waals surface area (Å²) >= 11 is 0. The van der Waals surface area contributed by atoms with Gasteiger partial charge in [-0.2, -0.15) is 0 Å². The number of carbonyl (C=O) groups is 1. The van der Waals surface area contributed by atoms with E-state index in [4.69, 9.17) is 4.74 Å². The van der Waals surface area contributed by atoms with Gasteiger partial charge in [-0.1, -0.05) is 0 Å². The monoisotopic (exact) mass is 442 g/mol. The fraction of sp³-hybridized carbons (Fsp3) is 0.762. The molecule has 1 aromatic heterocycles. The van der Waals surface area contributed by atoms with Crippen molar-refractivity contribution in [3.8, 4) is 0 Å². The van der Waals surface area contributed by atoms with Crippen molar-refractivity contribution >= 4 is 36.7 Å². The van der Waals surface area contributed by atoms with Crippen LogP contribution in [-0.2, 0) is 9.53 Å². The molecule has 1 aromatic rings. The molecule has 0 radical (unpaired) electrons. The van der Waals surface area contributed by atoms with Crippen LogP contribution >= 0.6 is 24.8 Å². The Morgan fingerprint density at radius 3 is 2.34 bits per heavy atom. The molecule has 8 heteroatoms. The average Bonchev–Trinajstić information content (AvgIpc) is 3.11. The van der Waals surface area contributed by atoms with Crippen molar-refractivity contribution in [2.45, 2.75) is 38.5 Å². The van der Waals surface area contributed by atoms with Gasteiger partial charge >= 0.3 is 5.97 Å².